The zero-order chi connectivity index (χ0) is 10.4. The van der Waals surface area contributed by atoms with Gasteiger partial charge < -0.3 is 16.4 Å². The van der Waals surface area contributed by atoms with Crippen LogP contribution < -0.4 is 16.4 Å². The Balaban J connectivity index is 2.56. The fourth-order valence-corrected chi connectivity index (χ4v) is 1.14. The molecule has 0 saturated carbocycles. The van der Waals surface area contributed by atoms with Gasteiger partial charge in [0, 0.05) is 6.54 Å². The van der Waals surface area contributed by atoms with Crippen LogP contribution in [-0.4, -0.2) is 11.7 Å². The summed E-state index contributed by atoms with van der Waals surface area (Å²) in [6, 6.07) is 7.46. The fourth-order valence-electron chi connectivity index (χ4n) is 0.942. The molecular weight excluding hydrogens is 194 g/mol. The Kier molecular flexibility index (Phi) is 3.94. The summed E-state index contributed by atoms with van der Waals surface area (Å²) in [5, 5.41) is 6.49. The molecule has 0 aliphatic heterocycles. The largest absolute Gasteiger partial charge is 0.397 e. The molecule has 0 radical (unpaired) electrons. The SMILES string of the molecule is C=CCNC(=S)Nc1ccccc1N. The summed E-state index contributed by atoms with van der Waals surface area (Å²) in [5.41, 5.74) is 7.22. The number of nitrogens with one attached hydrogen (secondary N) is 2. The average Bonchev–Trinajstić information content (AvgIpc) is 2.18. The summed E-state index contributed by atoms with van der Waals surface area (Å²) in [7, 11) is 0. The van der Waals surface area contributed by atoms with E-state index in [1.54, 1.807) is 6.08 Å². The summed E-state index contributed by atoms with van der Waals surface area (Å²) >= 11 is 5.04. The van der Waals surface area contributed by atoms with Crippen LogP contribution in [0.2, 0.25) is 0 Å². The van der Waals surface area contributed by atoms with Crippen molar-refractivity contribution in [3.63, 3.8) is 0 Å². The number of anilines is 2. The molecule has 0 aromatic heterocycles. The first-order chi connectivity index (χ1) is 6.74. The van der Waals surface area contributed by atoms with Crippen LogP contribution in [-0.2, 0) is 0 Å². The average molecular weight is 207 g/mol. The van der Waals surface area contributed by atoms with E-state index in [4.69, 9.17) is 18.0 Å². The van der Waals surface area contributed by atoms with Crippen molar-refractivity contribution in [2.45, 2.75) is 0 Å². The molecule has 0 heterocycles. The lowest BCUT2D eigenvalue weighted by Gasteiger charge is -2.10. The molecule has 0 saturated heterocycles. The van der Waals surface area contributed by atoms with Crippen molar-refractivity contribution < 1.29 is 0 Å². The maximum atomic E-state index is 5.73. The molecule has 1 rings (SSSR count). The van der Waals surface area contributed by atoms with Crippen molar-refractivity contribution in [1.29, 1.82) is 0 Å². The van der Waals surface area contributed by atoms with Crippen molar-refractivity contribution in [3.8, 4) is 0 Å². The molecule has 1 aromatic carbocycles. The van der Waals surface area contributed by atoms with E-state index < -0.39 is 0 Å². The number of nitrogen functional groups attached to an aromatic ring is 1. The van der Waals surface area contributed by atoms with Crippen molar-refractivity contribution in [2.24, 2.45) is 0 Å². The first-order valence-electron chi connectivity index (χ1n) is 4.24. The molecule has 4 N–H and O–H groups in total. The molecule has 0 aliphatic rings. The molecule has 1 aromatic rings. The molecule has 74 valence electrons. The van der Waals surface area contributed by atoms with Crippen LogP contribution in [0.5, 0.6) is 0 Å². The van der Waals surface area contributed by atoms with Gasteiger partial charge in [0.15, 0.2) is 5.11 Å². The molecule has 14 heavy (non-hydrogen) atoms. The van der Waals surface area contributed by atoms with E-state index in [1.807, 2.05) is 24.3 Å². The highest BCUT2D eigenvalue weighted by atomic mass is 32.1. The lowest BCUT2D eigenvalue weighted by atomic mass is 10.3. The molecule has 0 spiro atoms. The van der Waals surface area contributed by atoms with Crippen LogP contribution in [0.3, 0.4) is 0 Å². The van der Waals surface area contributed by atoms with Gasteiger partial charge >= 0.3 is 0 Å². The normalized spacial score (nSPS) is 9.14. The van der Waals surface area contributed by atoms with E-state index in [0.717, 1.165) is 5.69 Å². The molecule has 0 aliphatic carbocycles. The lowest BCUT2D eigenvalue weighted by molar-refractivity contribution is 1.06. The van der Waals surface area contributed by atoms with Crippen molar-refractivity contribution in [3.05, 3.63) is 36.9 Å². The Morgan fingerprint density at radius 3 is 2.86 bits per heavy atom. The van der Waals surface area contributed by atoms with Gasteiger partial charge in [0.25, 0.3) is 0 Å². The van der Waals surface area contributed by atoms with E-state index in [9.17, 15) is 0 Å². The van der Waals surface area contributed by atoms with E-state index in [2.05, 4.69) is 17.2 Å². The zero-order valence-electron chi connectivity index (χ0n) is 7.79. The zero-order valence-corrected chi connectivity index (χ0v) is 8.60. The molecule has 0 fully saturated rings. The Morgan fingerprint density at radius 2 is 2.21 bits per heavy atom. The number of rotatable bonds is 3. The number of nitrogens with two attached hydrogens (primary N) is 1. The topological polar surface area (TPSA) is 50.1 Å². The highest BCUT2D eigenvalue weighted by Gasteiger charge is 1.98. The Labute approximate surface area is 89.0 Å². The van der Waals surface area contributed by atoms with Crippen molar-refractivity contribution in [2.75, 3.05) is 17.6 Å². The highest BCUT2D eigenvalue weighted by Crippen LogP contribution is 2.16. The maximum absolute atomic E-state index is 5.73. The van der Waals surface area contributed by atoms with E-state index in [1.165, 1.54) is 0 Å². The smallest absolute Gasteiger partial charge is 0.171 e. The van der Waals surface area contributed by atoms with Gasteiger partial charge in [-0.3, -0.25) is 0 Å². The first-order valence-corrected chi connectivity index (χ1v) is 4.65. The summed E-state index contributed by atoms with van der Waals surface area (Å²) in [6.07, 6.45) is 1.74. The van der Waals surface area contributed by atoms with E-state index >= 15 is 0 Å². The summed E-state index contributed by atoms with van der Waals surface area (Å²) in [4.78, 5) is 0. The quantitative estimate of drug-likeness (QED) is 0.401. The molecule has 0 unspecified atom stereocenters. The third-order valence-electron chi connectivity index (χ3n) is 1.62. The predicted molar refractivity (Wildman–Crippen MR) is 65.3 cm³/mol. The first kappa shape index (κ1) is 10.5. The molecule has 4 heteroatoms. The van der Waals surface area contributed by atoms with E-state index in [-0.39, 0.29) is 0 Å². The second-order valence-electron chi connectivity index (χ2n) is 2.71. The van der Waals surface area contributed by atoms with Gasteiger partial charge in [0.1, 0.15) is 0 Å². The minimum atomic E-state index is 0.544. The van der Waals surface area contributed by atoms with Crippen LogP contribution in [0.4, 0.5) is 11.4 Å². The second kappa shape index (κ2) is 5.24. The number of thiocarbonyl (C=S) groups is 1. The van der Waals surface area contributed by atoms with Crippen LogP contribution in [0.15, 0.2) is 36.9 Å². The Bertz CT molecular complexity index is 336. The lowest BCUT2D eigenvalue weighted by Crippen LogP contribution is -2.28. The molecule has 3 nitrogen and oxygen atoms in total. The number of benzene rings is 1. The maximum Gasteiger partial charge on any atom is 0.171 e. The Hall–Kier alpha value is -1.55. The van der Waals surface area contributed by atoms with Gasteiger partial charge in [-0.2, -0.15) is 0 Å². The predicted octanol–water partition coefficient (Wildman–Crippen LogP) is 1.74. The molecule has 0 atom stereocenters. The number of para-hydroxylation sites is 2. The fraction of sp³-hybridized carbons (Fsp3) is 0.100. The summed E-state index contributed by atoms with van der Waals surface area (Å²) in [5.74, 6) is 0. The van der Waals surface area contributed by atoms with Gasteiger partial charge in [-0.25, -0.2) is 0 Å². The minimum Gasteiger partial charge on any atom is -0.397 e. The third-order valence-corrected chi connectivity index (χ3v) is 1.86. The number of hydrogen-bond donors (Lipinski definition) is 3. The van der Waals surface area contributed by atoms with Crippen LogP contribution >= 0.6 is 12.2 Å². The van der Waals surface area contributed by atoms with Crippen molar-refractivity contribution >= 4 is 28.7 Å². The molecule has 0 amide bonds. The van der Waals surface area contributed by atoms with Gasteiger partial charge in [-0.1, -0.05) is 18.2 Å². The van der Waals surface area contributed by atoms with Gasteiger partial charge in [-0.05, 0) is 24.4 Å². The minimum absolute atomic E-state index is 0.544. The van der Waals surface area contributed by atoms with Gasteiger partial charge in [-0.15, -0.1) is 6.58 Å². The van der Waals surface area contributed by atoms with Crippen LogP contribution in [0.1, 0.15) is 0 Å². The van der Waals surface area contributed by atoms with Gasteiger partial charge in [0.2, 0.25) is 0 Å². The van der Waals surface area contributed by atoms with Gasteiger partial charge in [0.05, 0.1) is 11.4 Å². The summed E-state index contributed by atoms with van der Waals surface area (Å²) in [6.45, 7) is 4.22. The van der Waals surface area contributed by atoms with E-state index in [0.29, 0.717) is 17.3 Å². The second-order valence-corrected chi connectivity index (χ2v) is 3.12. The number of hydrogen-bond acceptors (Lipinski definition) is 2. The highest BCUT2D eigenvalue weighted by molar-refractivity contribution is 7.80. The Morgan fingerprint density at radius 1 is 1.50 bits per heavy atom. The van der Waals surface area contributed by atoms with Crippen molar-refractivity contribution in [1.82, 2.24) is 5.32 Å². The van der Waals surface area contributed by atoms with Crippen LogP contribution in [0.25, 0.3) is 0 Å². The third kappa shape index (κ3) is 3.06. The summed E-state index contributed by atoms with van der Waals surface area (Å²) < 4.78 is 0. The standard InChI is InChI=1S/C10H13N3S/c1-2-7-12-10(14)13-9-6-4-3-5-8(9)11/h2-6H,1,7,11H2,(H2,12,13,14). The monoisotopic (exact) mass is 207 g/mol. The molecular formula is C10H13N3S. The molecule has 0 bridgehead atoms. The van der Waals surface area contributed by atoms with Crippen LogP contribution in [0, 0.1) is 0 Å².